The van der Waals surface area contributed by atoms with Crippen LogP contribution in [0.15, 0.2) is 12.1 Å². The average Bonchev–Trinajstić information content (AvgIpc) is 2.36. The summed E-state index contributed by atoms with van der Waals surface area (Å²) < 4.78 is 5.32. The first kappa shape index (κ1) is 15.0. The van der Waals surface area contributed by atoms with Crippen molar-refractivity contribution in [2.45, 2.75) is 26.7 Å². The molecule has 0 aliphatic heterocycles. The Kier molecular flexibility index (Phi) is 6.16. The van der Waals surface area contributed by atoms with E-state index < -0.39 is 0 Å². The van der Waals surface area contributed by atoms with E-state index in [-0.39, 0.29) is 6.61 Å². The Hall–Kier alpha value is -1.06. The molecular formula is C15H25NO2. The summed E-state index contributed by atoms with van der Waals surface area (Å²) in [5, 5.41) is 8.80. The van der Waals surface area contributed by atoms with Crippen LogP contribution in [-0.2, 0) is 6.42 Å². The fraction of sp³-hybridized carbons (Fsp3) is 0.600. The number of hydrogen-bond donors (Lipinski definition) is 1. The van der Waals surface area contributed by atoms with E-state index >= 15 is 0 Å². The smallest absolute Gasteiger partial charge is 0.122 e. The normalized spacial score (nSPS) is 11.0. The van der Waals surface area contributed by atoms with Crippen molar-refractivity contribution in [3.63, 3.8) is 0 Å². The molecule has 1 N–H and O–H groups in total. The maximum Gasteiger partial charge on any atom is 0.122 e. The zero-order valence-corrected chi connectivity index (χ0v) is 12.0. The highest BCUT2D eigenvalue weighted by molar-refractivity contribution is 5.41. The standard InChI is InChI=1S/C15H25NO2/c1-12-11-15(18-4)13(2)10-14(12)6-8-16(3)7-5-9-17/h10-11,17H,5-9H2,1-4H3. The minimum Gasteiger partial charge on any atom is -0.496 e. The number of nitrogens with zero attached hydrogens (tertiary/aromatic N) is 1. The van der Waals surface area contributed by atoms with Gasteiger partial charge in [0.2, 0.25) is 0 Å². The summed E-state index contributed by atoms with van der Waals surface area (Å²) in [5.74, 6) is 0.963. The van der Waals surface area contributed by atoms with Crippen molar-refractivity contribution in [2.75, 3.05) is 33.9 Å². The van der Waals surface area contributed by atoms with Gasteiger partial charge in [-0.05, 0) is 56.5 Å². The molecule has 0 aromatic heterocycles. The Morgan fingerprint density at radius 3 is 2.50 bits per heavy atom. The predicted octanol–water partition coefficient (Wildman–Crippen LogP) is 2.17. The van der Waals surface area contributed by atoms with Gasteiger partial charge in [0, 0.05) is 19.7 Å². The molecule has 0 unspecified atom stereocenters. The van der Waals surface area contributed by atoms with Gasteiger partial charge in [-0.2, -0.15) is 0 Å². The Balaban J connectivity index is 2.59. The second-order valence-electron chi connectivity index (χ2n) is 4.88. The molecule has 0 saturated carbocycles. The fourth-order valence-electron chi connectivity index (χ4n) is 2.10. The Morgan fingerprint density at radius 2 is 1.89 bits per heavy atom. The quantitative estimate of drug-likeness (QED) is 0.806. The van der Waals surface area contributed by atoms with Crippen molar-refractivity contribution in [3.05, 3.63) is 28.8 Å². The fourth-order valence-corrected chi connectivity index (χ4v) is 2.10. The van der Waals surface area contributed by atoms with Crippen molar-refractivity contribution >= 4 is 0 Å². The van der Waals surface area contributed by atoms with Gasteiger partial charge in [-0.1, -0.05) is 6.07 Å². The van der Waals surface area contributed by atoms with Crippen molar-refractivity contribution in [1.82, 2.24) is 4.90 Å². The van der Waals surface area contributed by atoms with E-state index in [9.17, 15) is 0 Å². The lowest BCUT2D eigenvalue weighted by Gasteiger charge is -2.17. The van der Waals surface area contributed by atoms with E-state index in [1.54, 1.807) is 7.11 Å². The van der Waals surface area contributed by atoms with Gasteiger partial charge in [0.05, 0.1) is 7.11 Å². The number of rotatable bonds is 7. The van der Waals surface area contributed by atoms with Crippen LogP contribution in [0.4, 0.5) is 0 Å². The molecule has 0 fully saturated rings. The monoisotopic (exact) mass is 251 g/mol. The zero-order valence-electron chi connectivity index (χ0n) is 12.0. The van der Waals surface area contributed by atoms with Crippen molar-refractivity contribution in [3.8, 4) is 5.75 Å². The minimum atomic E-state index is 0.269. The lowest BCUT2D eigenvalue weighted by atomic mass is 10.0. The van der Waals surface area contributed by atoms with Gasteiger partial charge in [0.1, 0.15) is 5.75 Å². The van der Waals surface area contributed by atoms with Crippen molar-refractivity contribution in [1.29, 1.82) is 0 Å². The second-order valence-corrected chi connectivity index (χ2v) is 4.88. The summed E-state index contributed by atoms with van der Waals surface area (Å²) in [6.45, 7) is 6.45. The molecule has 1 aromatic carbocycles. The SMILES string of the molecule is COc1cc(C)c(CCN(C)CCCO)cc1C. The van der Waals surface area contributed by atoms with Gasteiger partial charge in [0.25, 0.3) is 0 Å². The number of aliphatic hydroxyl groups excluding tert-OH is 1. The molecule has 3 nitrogen and oxygen atoms in total. The van der Waals surface area contributed by atoms with Crippen molar-refractivity contribution in [2.24, 2.45) is 0 Å². The molecule has 0 radical (unpaired) electrons. The predicted molar refractivity (Wildman–Crippen MR) is 75.4 cm³/mol. The lowest BCUT2D eigenvalue weighted by Crippen LogP contribution is -2.23. The highest BCUT2D eigenvalue weighted by Crippen LogP contribution is 2.22. The van der Waals surface area contributed by atoms with Crippen molar-refractivity contribution < 1.29 is 9.84 Å². The first-order valence-corrected chi connectivity index (χ1v) is 6.52. The first-order chi connectivity index (χ1) is 8.58. The van der Waals surface area contributed by atoms with Crippen LogP contribution in [0.1, 0.15) is 23.1 Å². The van der Waals surface area contributed by atoms with Crippen LogP contribution in [0, 0.1) is 13.8 Å². The summed E-state index contributed by atoms with van der Waals surface area (Å²) in [6, 6.07) is 4.33. The highest BCUT2D eigenvalue weighted by Gasteiger charge is 2.06. The molecule has 0 heterocycles. The van der Waals surface area contributed by atoms with Crippen LogP contribution >= 0.6 is 0 Å². The molecule has 3 heteroatoms. The Morgan fingerprint density at radius 1 is 1.17 bits per heavy atom. The molecule has 0 aliphatic rings. The largest absolute Gasteiger partial charge is 0.496 e. The highest BCUT2D eigenvalue weighted by atomic mass is 16.5. The van der Waals surface area contributed by atoms with Crippen LogP contribution in [0.5, 0.6) is 5.75 Å². The summed E-state index contributed by atoms with van der Waals surface area (Å²) >= 11 is 0. The average molecular weight is 251 g/mol. The molecule has 1 aromatic rings. The number of benzene rings is 1. The van der Waals surface area contributed by atoms with E-state index in [1.807, 2.05) is 0 Å². The molecule has 0 aliphatic carbocycles. The summed E-state index contributed by atoms with van der Waals surface area (Å²) in [6.07, 6.45) is 1.88. The molecular weight excluding hydrogens is 226 g/mol. The molecule has 0 spiro atoms. The Labute approximate surface area is 110 Å². The minimum absolute atomic E-state index is 0.269. The van der Waals surface area contributed by atoms with E-state index in [1.165, 1.54) is 16.7 Å². The third-order valence-corrected chi connectivity index (χ3v) is 3.31. The summed E-state index contributed by atoms with van der Waals surface area (Å²) in [7, 11) is 3.81. The number of aryl methyl sites for hydroxylation is 2. The van der Waals surface area contributed by atoms with E-state index in [0.29, 0.717) is 0 Å². The molecule has 0 amide bonds. The van der Waals surface area contributed by atoms with E-state index in [4.69, 9.17) is 9.84 Å². The first-order valence-electron chi connectivity index (χ1n) is 6.52. The molecule has 0 bridgehead atoms. The van der Waals surface area contributed by atoms with E-state index in [2.05, 4.69) is 37.9 Å². The maximum atomic E-state index is 8.80. The molecule has 0 saturated heterocycles. The molecule has 18 heavy (non-hydrogen) atoms. The number of aliphatic hydroxyl groups is 1. The van der Waals surface area contributed by atoms with Crippen LogP contribution in [-0.4, -0.2) is 43.9 Å². The van der Waals surface area contributed by atoms with Crippen LogP contribution in [0.25, 0.3) is 0 Å². The van der Waals surface area contributed by atoms with Crippen LogP contribution in [0.2, 0.25) is 0 Å². The van der Waals surface area contributed by atoms with Gasteiger partial charge >= 0.3 is 0 Å². The molecule has 102 valence electrons. The van der Waals surface area contributed by atoms with Crippen LogP contribution < -0.4 is 4.74 Å². The van der Waals surface area contributed by atoms with Gasteiger partial charge in [-0.25, -0.2) is 0 Å². The maximum absolute atomic E-state index is 8.80. The second kappa shape index (κ2) is 7.39. The lowest BCUT2D eigenvalue weighted by molar-refractivity contribution is 0.248. The van der Waals surface area contributed by atoms with Crippen LogP contribution in [0.3, 0.4) is 0 Å². The summed E-state index contributed by atoms with van der Waals surface area (Å²) in [5.41, 5.74) is 3.85. The van der Waals surface area contributed by atoms with Gasteiger partial charge < -0.3 is 14.7 Å². The number of methoxy groups -OCH3 is 1. The third-order valence-electron chi connectivity index (χ3n) is 3.31. The summed E-state index contributed by atoms with van der Waals surface area (Å²) in [4.78, 5) is 2.26. The molecule has 0 atom stereocenters. The van der Waals surface area contributed by atoms with Gasteiger partial charge in [-0.3, -0.25) is 0 Å². The number of likely N-dealkylation sites (N-methyl/N-ethyl adjacent to an activating group) is 1. The number of ether oxygens (including phenoxy) is 1. The molecule has 1 rings (SSSR count). The number of hydrogen-bond acceptors (Lipinski definition) is 3. The van der Waals surface area contributed by atoms with Gasteiger partial charge in [-0.15, -0.1) is 0 Å². The Bertz CT molecular complexity index is 377. The van der Waals surface area contributed by atoms with E-state index in [0.717, 1.165) is 31.7 Å². The topological polar surface area (TPSA) is 32.7 Å². The zero-order chi connectivity index (χ0) is 13.5. The van der Waals surface area contributed by atoms with Gasteiger partial charge in [0.15, 0.2) is 0 Å². The third kappa shape index (κ3) is 4.31.